The summed E-state index contributed by atoms with van der Waals surface area (Å²) in [5.74, 6) is 0.564. The van der Waals surface area contributed by atoms with E-state index in [2.05, 4.69) is 12.1 Å². The fourth-order valence-electron chi connectivity index (χ4n) is 2.84. The molecular formula is C21H17NO2S. The largest absolute Gasteiger partial charge is 0.475 e. The first-order valence-corrected chi connectivity index (χ1v) is 9.29. The standard InChI is InChI=1S/C21H17NO2S/c23-25(17-11-5-2-6-12-17)20-14-8-7-13-18(20)21-22-19(15-24-21)16-9-3-1-4-10-16/h1-14,19H,15H2/t19-,25-/m0/s1. The molecule has 1 heterocycles. The summed E-state index contributed by atoms with van der Waals surface area (Å²) in [5.41, 5.74) is 1.92. The third kappa shape index (κ3) is 3.26. The zero-order valence-corrected chi connectivity index (χ0v) is 14.4. The van der Waals surface area contributed by atoms with Gasteiger partial charge in [-0.1, -0.05) is 60.7 Å². The number of rotatable bonds is 4. The van der Waals surface area contributed by atoms with Crippen molar-refractivity contribution in [1.82, 2.24) is 0 Å². The van der Waals surface area contributed by atoms with Crippen LogP contribution in [0.2, 0.25) is 0 Å². The molecule has 0 fully saturated rings. The quantitative estimate of drug-likeness (QED) is 0.703. The van der Waals surface area contributed by atoms with E-state index in [0.29, 0.717) is 12.5 Å². The molecule has 0 saturated carbocycles. The summed E-state index contributed by atoms with van der Waals surface area (Å²) < 4.78 is 18.8. The van der Waals surface area contributed by atoms with Gasteiger partial charge >= 0.3 is 0 Å². The molecule has 0 bridgehead atoms. The average Bonchev–Trinajstić information content (AvgIpc) is 3.19. The molecule has 0 amide bonds. The molecule has 0 unspecified atom stereocenters. The first-order valence-electron chi connectivity index (χ1n) is 8.15. The molecule has 0 spiro atoms. The van der Waals surface area contributed by atoms with Crippen molar-refractivity contribution in [2.75, 3.05) is 6.61 Å². The summed E-state index contributed by atoms with van der Waals surface area (Å²) in [6, 6.07) is 27.1. The first kappa shape index (κ1) is 15.8. The number of nitrogens with zero attached hydrogens (tertiary/aromatic N) is 1. The Bertz CT molecular complexity index is 923. The van der Waals surface area contributed by atoms with Gasteiger partial charge < -0.3 is 4.74 Å². The number of ether oxygens (including phenoxy) is 1. The molecule has 1 aliphatic rings. The van der Waals surface area contributed by atoms with Crippen LogP contribution in [-0.2, 0) is 15.5 Å². The van der Waals surface area contributed by atoms with Crippen LogP contribution in [0.25, 0.3) is 0 Å². The van der Waals surface area contributed by atoms with Gasteiger partial charge in [0.2, 0.25) is 5.90 Å². The molecule has 3 aromatic carbocycles. The fraction of sp³-hybridized carbons (Fsp3) is 0.0952. The zero-order valence-electron chi connectivity index (χ0n) is 13.5. The minimum Gasteiger partial charge on any atom is -0.475 e. The Balaban J connectivity index is 1.69. The van der Waals surface area contributed by atoms with Crippen molar-refractivity contribution in [2.45, 2.75) is 15.8 Å². The van der Waals surface area contributed by atoms with Crippen molar-refractivity contribution in [3.8, 4) is 0 Å². The Morgan fingerprint density at radius 3 is 2.24 bits per heavy atom. The van der Waals surface area contributed by atoms with Crippen LogP contribution in [0.3, 0.4) is 0 Å². The highest BCUT2D eigenvalue weighted by Gasteiger charge is 2.24. The van der Waals surface area contributed by atoms with Crippen molar-refractivity contribution in [1.29, 1.82) is 0 Å². The van der Waals surface area contributed by atoms with Crippen molar-refractivity contribution >= 4 is 16.7 Å². The van der Waals surface area contributed by atoms with Gasteiger partial charge in [-0.2, -0.15) is 0 Å². The maximum atomic E-state index is 13.0. The second-order valence-electron chi connectivity index (χ2n) is 5.75. The van der Waals surface area contributed by atoms with Gasteiger partial charge in [0, 0.05) is 4.90 Å². The molecule has 1 aliphatic heterocycles. The Kier molecular flexibility index (Phi) is 4.44. The molecule has 0 radical (unpaired) electrons. The van der Waals surface area contributed by atoms with Gasteiger partial charge in [0.15, 0.2) is 0 Å². The number of benzene rings is 3. The summed E-state index contributed by atoms with van der Waals surface area (Å²) in [4.78, 5) is 6.22. The van der Waals surface area contributed by atoms with E-state index >= 15 is 0 Å². The molecule has 25 heavy (non-hydrogen) atoms. The first-order chi connectivity index (χ1) is 12.3. The van der Waals surface area contributed by atoms with E-state index < -0.39 is 10.8 Å². The minimum absolute atomic E-state index is 0.0191. The second-order valence-corrected chi connectivity index (χ2v) is 7.20. The molecule has 124 valence electrons. The predicted octanol–water partition coefficient (Wildman–Crippen LogP) is 4.37. The van der Waals surface area contributed by atoms with Crippen LogP contribution in [0, 0.1) is 0 Å². The Morgan fingerprint density at radius 1 is 0.840 bits per heavy atom. The molecule has 0 N–H and O–H groups in total. The minimum atomic E-state index is -1.27. The second kappa shape index (κ2) is 7.03. The highest BCUT2D eigenvalue weighted by atomic mass is 32.2. The highest BCUT2D eigenvalue weighted by Crippen LogP contribution is 2.28. The van der Waals surface area contributed by atoms with Crippen LogP contribution >= 0.6 is 0 Å². The van der Waals surface area contributed by atoms with E-state index in [0.717, 1.165) is 20.9 Å². The molecule has 2 atom stereocenters. The molecule has 3 aromatic rings. The van der Waals surface area contributed by atoms with Gasteiger partial charge in [-0.05, 0) is 29.8 Å². The monoisotopic (exact) mass is 347 g/mol. The van der Waals surface area contributed by atoms with E-state index in [1.54, 1.807) is 0 Å². The molecule has 4 rings (SSSR count). The van der Waals surface area contributed by atoms with Crippen molar-refractivity contribution in [3.05, 3.63) is 96.1 Å². The summed E-state index contributed by atoms with van der Waals surface area (Å²) in [5, 5.41) is 0. The zero-order chi connectivity index (χ0) is 17.1. The van der Waals surface area contributed by atoms with Gasteiger partial charge in [0.05, 0.1) is 21.3 Å². The molecule has 0 aromatic heterocycles. The lowest BCUT2D eigenvalue weighted by Crippen LogP contribution is -2.07. The predicted molar refractivity (Wildman–Crippen MR) is 99.2 cm³/mol. The third-order valence-corrected chi connectivity index (χ3v) is 5.57. The maximum absolute atomic E-state index is 13.0. The topological polar surface area (TPSA) is 38.7 Å². The molecule has 4 heteroatoms. The maximum Gasteiger partial charge on any atom is 0.218 e. The lowest BCUT2D eigenvalue weighted by molar-refractivity contribution is 0.319. The molecule has 3 nitrogen and oxygen atoms in total. The van der Waals surface area contributed by atoms with Crippen molar-refractivity contribution < 1.29 is 8.95 Å². The van der Waals surface area contributed by atoms with Gasteiger partial charge in [-0.25, -0.2) is 9.20 Å². The Hall–Kier alpha value is -2.72. The number of hydrogen-bond donors (Lipinski definition) is 0. The smallest absolute Gasteiger partial charge is 0.218 e. The van der Waals surface area contributed by atoms with Crippen molar-refractivity contribution in [2.24, 2.45) is 4.99 Å². The van der Waals surface area contributed by atoms with E-state index in [1.165, 1.54) is 0 Å². The van der Waals surface area contributed by atoms with Crippen LogP contribution in [0.1, 0.15) is 17.2 Å². The van der Waals surface area contributed by atoms with Gasteiger partial charge in [0.1, 0.15) is 12.6 Å². The van der Waals surface area contributed by atoms with Crippen LogP contribution in [0.4, 0.5) is 0 Å². The lowest BCUT2D eigenvalue weighted by atomic mass is 10.1. The third-order valence-electron chi connectivity index (χ3n) is 4.11. The van der Waals surface area contributed by atoms with E-state index in [9.17, 15) is 4.21 Å². The van der Waals surface area contributed by atoms with Crippen LogP contribution in [0.5, 0.6) is 0 Å². The summed E-state index contributed by atoms with van der Waals surface area (Å²) in [7, 11) is -1.27. The highest BCUT2D eigenvalue weighted by molar-refractivity contribution is 7.85. The van der Waals surface area contributed by atoms with Crippen LogP contribution < -0.4 is 0 Å². The fourth-order valence-corrected chi connectivity index (χ4v) is 4.06. The van der Waals surface area contributed by atoms with Gasteiger partial charge in [0.25, 0.3) is 0 Å². The van der Waals surface area contributed by atoms with Crippen LogP contribution in [0.15, 0.2) is 99.7 Å². The SMILES string of the molecule is O=[S@@](c1ccccc1)c1ccccc1C1=N[C@H](c2ccccc2)CO1. The summed E-state index contributed by atoms with van der Waals surface area (Å²) in [6.45, 7) is 0.506. The van der Waals surface area contributed by atoms with Gasteiger partial charge in [-0.15, -0.1) is 0 Å². The van der Waals surface area contributed by atoms with Crippen molar-refractivity contribution in [3.63, 3.8) is 0 Å². The molecular weight excluding hydrogens is 330 g/mol. The van der Waals surface area contributed by atoms with Gasteiger partial charge in [-0.3, -0.25) is 0 Å². The normalized spacial score (nSPS) is 17.6. The number of aliphatic imine (C=N–C) groups is 1. The number of hydrogen-bond acceptors (Lipinski definition) is 3. The lowest BCUT2D eigenvalue weighted by Gasteiger charge is -2.09. The van der Waals surface area contributed by atoms with Crippen LogP contribution in [-0.4, -0.2) is 16.7 Å². The van der Waals surface area contributed by atoms with E-state index in [-0.39, 0.29) is 6.04 Å². The summed E-state index contributed by atoms with van der Waals surface area (Å²) in [6.07, 6.45) is 0. The molecule has 0 saturated heterocycles. The van der Waals surface area contributed by atoms with E-state index in [1.807, 2.05) is 72.8 Å². The van der Waals surface area contributed by atoms with E-state index in [4.69, 9.17) is 9.73 Å². The Morgan fingerprint density at radius 2 is 1.48 bits per heavy atom. The Labute approximate surface area is 149 Å². The molecule has 0 aliphatic carbocycles. The summed E-state index contributed by atoms with van der Waals surface area (Å²) >= 11 is 0. The average molecular weight is 347 g/mol.